The highest BCUT2D eigenvalue weighted by atomic mass is 32.2. The zero-order chi connectivity index (χ0) is 17.9. The van der Waals surface area contributed by atoms with Crippen LogP contribution in [0, 0.1) is 6.92 Å². The smallest absolute Gasteiger partial charge is 0.262 e. The highest BCUT2D eigenvalue weighted by Crippen LogP contribution is 2.32. The minimum Gasteiger partial charge on any atom is -0.482 e. The number of fused-ring (bicyclic) bond motifs is 1. The first kappa shape index (κ1) is 17.4. The minimum absolute atomic E-state index is 0.111. The molecule has 0 aromatic heterocycles. The second-order valence-electron chi connectivity index (χ2n) is 5.94. The summed E-state index contributed by atoms with van der Waals surface area (Å²) in [6, 6.07) is 13.0. The van der Waals surface area contributed by atoms with E-state index in [0.717, 1.165) is 6.42 Å². The number of ether oxygens (including phenoxy) is 1. The summed E-state index contributed by atoms with van der Waals surface area (Å²) in [5.41, 5.74) is 2.23. The van der Waals surface area contributed by atoms with Crippen LogP contribution in [0.1, 0.15) is 17.5 Å². The Morgan fingerprint density at radius 1 is 1.20 bits per heavy atom. The Hall–Kier alpha value is -2.38. The molecule has 1 aliphatic rings. The molecule has 7 heteroatoms. The lowest BCUT2D eigenvalue weighted by atomic mass is 10.1. The van der Waals surface area contributed by atoms with Gasteiger partial charge in [0.25, 0.3) is 5.91 Å². The Morgan fingerprint density at radius 3 is 2.72 bits per heavy atom. The van der Waals surface area contributed by atoms with Crippen LogP contribution in [0.3, 0.4) is 0 Å². The van der Waals surface area contributed by atoms with E-state index >= 15 is 0 Å². The lowest BCUT2D eigenvalue weighted by Crippen LogP contribution is -2.28. The maximum atomic E-state index is 12.6. The third-order valence-corrected chi connectivity index (χ3v) is 5.58. The maximum absolute atomic E-state index is 12.6. The highest BCUT2D eigenvalue weighted by molar-refractivity contribution is 7.89. The minimum atomic E-state index is -3.64. The van der Waals surface area contributed by atoms with E-state index in [4.69, 9.17) is 4.74 Å². The molecule has 25 heavy (non-hydrogen) atoms. The SMILES string of the molecule is Cc1cc2c(cc1S(=O)(=O)NCCCc1ccccc1)OCC(=O)N2. The van der Waals surface area contributed by atoms with Gasteiger partial charge in [0.15, 0.2) is 6.61 Å². The molecule has 0 fully saturated rings. The Labute approximate surface area is 147 Å². The van der Waals surface area contributed by atoms with Gasteiger partial charge in [0.1, 0.15) is 5.75 Å². The van der Waals surface area contributed by atoms with Gasteiger partial charge in [-0.15, -0.1) is 0 Å². The fourth-order valence-corrected chi connectivity index (χ4v) is 4.04. The molecule has 6 nitrogen and oxygen atoms in total. The molecule has 0 atom stereocenters. The van der Waals surface area contributed by atoms with Crippen LogP contribution in [0.2, 0.25) is 0 Å². The second-order valence-corrected chi connectivity index (χ2v) is 7.67. The summed E-state index contributed by atoms with van der Waals surface area (Å²) < 4.78 is 33.1. The van der Waals surface area contributed by atoms with Gasteiger partial charge in [-0.05, 0) is 37.0 Å². The average Bonchev–Trinajstić information content (AvgIpc) is 2.59. The molecule has 0 aliphatic carbocycles. The van der Waals surface area contributed by atoms with Crippen molar-refractivity contribution in [1.29, 1.82) is 0 Å². The molecule has 3 rings (SSSR count). The molecule has 2 aromatic carbocycles. The number of benzene rings is 2. The number of aryl methyl sites for hydroxylation is 2. The van der Waals surface area contributed by atoms with Crippen molar-refractivity contribution < 1.29 is 17.9 Å². The molecule has 1 aliphatic heterocycles. The van der Waals surface area contributed by atoms with Crippen molar-refractivity contribution in [2.24, 2.45) is 0 Å². The van der Waals surface area contributed by atoms with Gasteiger partial charge in [0.2, 0.25) is 10.0 Å². The predicted octanol–water partition coefficient (Wildman–Crippen LogP) is 2.24. The maximum Gasteiger partial charge on any atom is 0.262 e. The van der Waals surface area contributed by atoms with E-state index in [1.165, 1.54) is 11.6 Å². The van der Waals surface area contributed by atoms with Crippen molar-refractivity contribution in [3.63, 3.8) is 0 Å². The monoisotopic (exact) mass is 360 g/mol. The van der Waals surface area contributed by atoms with Gasteiger partial charge in [0.05, 0.1) is 10.6 Å². The van der Waals surface area contributed by atoms with E-state index in [-0.39, 0.29) is 17.4 Å². The normalized spacial score (nSPS) is 13.7. The Balaban J connectivity index is 1.67. The van der Waals surface area contributed by atoms with Crippen LogP contribution in [-0.4, -0.2) is 27.5 Å². The first-order chi connectivity index (χ1) is 12.0. The molecule has 132 valence electrons. The molecule has 1 heterocycles. The molecule has 0 radical (unpaired) electrons. The molecule has 0 unspecified atom stereocenters. The summed E-state index contributed by atoms with van der Waals surface area (Å²) in [6.07, 6.45) is 1.52. The van der Waals surface area contributed by atoms with Gasteiger partial charge < -0.3 is 10.1 Å². The third-order valence-electron chi connectivity index (χ3n) is 3.98. The fourth-order valence-electron chi connectivity index (χ4n) is 2.73. The zero-order valence-corrected chi connectivity index (χ0v) is 14.7. The molecule has 2 aromatic rings. The van der Waals surface area contributed by atoms with E-state index in [9.17, 15) is 13.2 Å². The van der Waals surface area contributed by atoms with E-state index in [1.807, 2.05) is 30.3 Å². The Bertz CT molecular complexity index is 879. The van der Waals surface area contributed by atoms with Gasteiger partial charge >= 0.3 is 0 Å². The lowest BCUT2D eigenvalue weighted by Gasteiger charge is -2.20. The number of carbonyl (C=O) groups is 1. The van der Waals surface area contributed by atoms with Gasteiger partial charge in [0, 0.05) is 12.6 Å². The molecule has 0 saturated carbocycles. The summed E-state index contributed by atoms with van der Waals surface area (Å²) in [6.45, 7) is 1.94. The number of carbonyl (C=O) groups excluding carboxylic acids is 1. The summed E-state index contributed by atoms with van der Waals surface area (Å²) >= 11 is 0. The fraction of sp³-hybridized carbons (Fsp3) is 0.278. The number of amides is 1. The Morgan fingerprint density at radius 2 is 1.96 bits per heavy atom. The number of nitrogens with one attached hydrogen (secondary N) is 2. The first-order valence-electron chi connectivity index (χ1n) is 8.06. The van der Waals surface area contributed by atoms with E-state index in [0.29, 0.717) is 30.0 Å². The molecular formula is C18H20N2O4S. The van der Waals surface area contributed by atoms with Crippen molar-refractivity contribution in [3.8, 4) is 5.75 Å². The van der Waals surface area contributed by atoms with Crippen LogP contribution in [0.15, 0.2) is 47.4 Å². The number of rotatable bonds is 6. The second kappa shape index (κ2) is 7.25. The van der Waals surface area contributed by atoms with Crippen molar-refractivity contribution in [2.75, 3.05) is 18.5 Å². The topological polar surface area (TPSA) is 84.5 Å². The van der Waals surface area contributed by atoms with E-state index < -0.39 is 10.0 Å². The van der Waals surface area contributed by atoms with Gasteiger partial charge in [-0.3, -0.25) is 4.79 Å². The number of hydrogen-bond donors (Lipinski definition) is 2. The summed E-state index contributed by atoms with van der Waals surface area (Å²) in [4.78, 5) is 11.5. The number of sulfonamides is 1. The first-order valence-corrected chi connectivity index (χ1v) is 9.55. The highest BCUT2D eigenvalue weighted by Gasteiger charge is 2.23. The van der Waals surface area contributed by atoms with Crippen molar-refractivity contribution in [2.45, 2.75) is 24.7 Å². The summed E-state index contributed by atoms with van der Waals surface area (Å²) in [5.74, 6) is 0.122. The standard InChI is InChI=1S/C18H20N2O4S/c1-13-10-15-16(24-12-18(21)20-15)11-17(13)25(22,23)19-9-5-8-14-6-3-2-4-7-14/h2-4,6-7,10-11,19H,5,8-9,12H2,1H3,(H,20,21). The van der Waals surface area contributed by atoms with Crippen LogP contribution in [0.4, 0.5) is 5.69 Å². The van der Waals surface area contributed by atoms with Crippen LogP contribution >= 0.6 is 0 Å². The third kappa shape index (κ3) is 4.18. The summed E-state index contributed by atoms with van der Waals surface area (Å²) in [7, 11) is -3.64. The van der Waals surface area contributed by atoms with Gasteiger partial charge in [-0.1, -0.05) is 30.3 Å². The van der Waals surface area contributed by atoms with Crippen LogP contribution < -0.4 is 14.8 Å². The molecule has 0 spiro atoms. The molecular weight excluding hydrogens is 340 g/mol. The van der Waals surface area contributed by atoms with E-state index in [2.05, 4.69) is 10.0 Å². The Kier molecular flexibility index (Phi) is 5.06. The number of anilines is 1. The zero-order valence-electron chi connectivity index (χ0n) is 13.9. The van der Waals surface area contributed by atoms with Crippen molar-refractivity contribution in [1.82, 2.24) is 4.72 Å². The lowest BCUT2D eigenvalue weighted by molar-refractivity contribution is -0.118. The molecule has 0 bridgehead atoms. The number of hydrogen-bond acceptors (Lipinski definition) is 4. The average molecular weight is 360 g/mol. The predicted molar refractivity (Wildman–Crippen MR) is 95.3 cm³/mol. The molecule has 1 amide bonds. The van der Waals surface area contributed by atoms with Crippen molar-refractivity contribution in [3.05, 3.63) is 53.6 Å². The van der Waals surface area contributed by atoms with E-state index in [1.54, 1.807) is 13.0 Å². The summed E-state index contributed by atoms with van der Waals surface area (Å²) in [5, 5.41) is 2.67. The quantitative estimate of drug-likeness (QED) is 0.774. The van der Waals surface area contributed by atoms with Gasteiger partial charge in [-0.25, -0.2) is 13.1 Å². The van der Waals surface area contributed by atoms with Crippen molar-refractivity contribution >= 4 is 21.6 Å². The largest absolute Gasteiger partial charge is 0.482 e. The van der Waals surface area contributed by atoms with Crippen LogP contribution in [-0.2, 0) is 21.2 Å². The molecule has 0 saturated heterocycles. The van der Waals surface area contributed by atoms with Crippen LogP contribution in [0.25, 0.3) is 0 Å². The molecule has 2 N–H and O–H groups in total. The van der Waals surface area contributed by atoms with Gasteiger partial charge in [-0.2, -0.15) is 0 Å². The van der Waals surface area contributed by atoms with Crippen LogP contribution in [0.5, 0.6) is 5.75 Å².